The third kappa shape index (κ3) is 3.71. The first-order valence-electron chi connectivity index (χ1n) is 12.3. The van der Waals surface area contributed by atoms with Gasteiger partial charge in [-0.25, -0.2) is 4.99 Å². The Bertz CT molecular complexity index is 1780. The highest BCUT2D eigenvalue weighted by Gasteiger charge is 2.34. The first-order valence-corrected chi connectivity index (χ1v) is 13.1. The van der Waals surface area contributed by atoms with Crippen molar-refractivity contribution in [2.24, 2.45) is 4.99 Å². The highest BCUT2D eigenvalue weighted by molar-refractivity contribution is 7.07. The molecule has 0 saturated carbocycles. The lowest BCUT2D eigenvalue weighted by Crippen LogP contribution is -2.39. The minimum Gasteiger partial charge on any atom is -0.504 e. The quantitative estimate of drug-likeness (QED) is 0.424. The normalized spacial score (nSPS) is 16.3. The number of benzene rings is 3. The summed E-state index contributed by atoms with van der Waals surface area (Å²) in [6.07, 6.45) is 3.31. The number of thiazole rings is 1. The van der Waals surface area contributed by atoms with Crippen LogP contribution in [-0.2, 0) is 6.42 Å². The summed E-state index contributed by atoms with van der Waals surface area (Å²) in [5.41, 5.74) is 5.45. The lowest BCUT2D eigenvalue weighted by atomic mass is 9.83. The Hall–Kier alpha value is -4.30. The molecule has 1 unspecified atom stereocenters. The van der Waals surface area contributed by atoms with Gasteiger partial charge in [0.2, 0.25) is 0 Å². The van der Waals surface area contributed by atoms with E-state index in [1.165, 1.54) is 24.0 Å². The number of phenolic OH excluding ortho intramolecular Hbond substituents is 1. The number of methoxy groups -OCH3 is 3. The van der Waals surface area contributed by atoms with Crippen LogP contribution in [0.15, 0.2) is 76.0 Å². The molecule has 2 heterocycles. The summed E-state index contributed by atoms with van der Waals surface area (Å²) in [5.74, 6) is 1.52. The monoisotopic (exact) mass is 526 g/mol. The van der Waals surface area contributed by atoms with E-state index >= 15 is 0 Å². The molecule has 38 heavy (non-hydrogen) atoms. The molecule has 3 aromatic carbocycles. The number of aryl methyl sites for hydroxylation is 1. The van der Waals surface area contributed by atoms with Crippen molar-refractivity contribution in [3.05, 3.63) is 108 Å². The smallest absolute Gasteiger partial charge is 0.271 e. The number of phenols is 1. The molecule has 0 bridgehead atoms. The van der Waals surface area contributed by atoms with Gasteiger partial charge in [-0.2, -0.15) is 0 Å². The molecule has 0 spiro atoms. The summed E-state index contributed by atoms with van der Waals surface area (Å²) in [4.78, 5) is 19.7. The highest BCUT2D eigenvalue weighted by Crippen LogP contribution is 2.45. The number of rotatable bonds is 5. The second-order valence-corrected chi connectivity index (χ2v) is 10.1. The average molecular weight is 527 g/mol. The van der Waals surface area contributed by atoms with Gasteiger partial charge < -0.3 is 19.3 Å². The molecule has 4 aromatic rings. The van der Waals surface area contributed by atoms with Gasteiger partial charge in [0.05, 0.1) is 37.6 Å². The van der Waals surface area contributed by atoms with Gasteiger partial charge in [0.25, 0.3) is 5.56 Å². The van der Waals surface area contributed by atoms with E-state index in [0.29, 0.717) is 32.1 Å². The molecule has 0 saturated heterocycles. The molecule has 1 aliphatic carbocycles. The van der Waals surface area contributed by atoms with E-state index in [2.05, 4.69) is 12.1 Å². The van der Waals surface area contributed by atoms with Crippen LogP contribution in [0, 0.1) is 0 Å². The van der Waals surface area contributed by atoms with E-state index in [9.17, 15) is 9.90 Å². The van der Waals surface area contributed by atoms with Gasteiger partial charge in [-0.15, -0.1) is 0 Å². The van der Waals surface area contributed by atoms with Crippen LogP contribution >= 0.6 is 11.3 Å². The summed E-state index contributed by atoms with van der Waals surface area (Å²) >= 11 is 1.30. The van der Waals surface area contributed by atoms with Crippen LogP contribution in [0.3, 0.4) is 0 Å². The number of allylic oxidation sites excluding steroid dienone is 1. The van der Waals surface area contributed by atoms with Gasteiger partial charge in [0, 0.05) is 16.7 Å². The largest absolute Gasteiger partial charge is 0.504 e. The minimum absolute atomic E-state index is 0.0138. The fourth-order valence-electron chi connectivity index (χ4n) is 5.39. The SMILES string of the molecule is COc1cccc(C=c2sc3n(c2=O)C(c2cccc(OC)c2OC)C2=C(N=3)c3ccccc3CC2)c1O. The van der Waals surface area contributed by atoms with E-state index in [1.807, 2.05) is 30.3 Å². The Balaban J connectivity index is 1.66. The van der Waals surface area contributed by atoms with Gasteiger partial charge in [-0.1, -0.05) is 59.9 Å². The molecule has 0 radical (unpaired) electrons. The number of ether oxygens (including phenoxy) is 3. The topological polar surface area (TPSA) is 82.3 Å². The number of fused-ring (bicyclic) bond motifs is 3. The number of para-hydroxylation sites is 2. The van der Waals surface area contributed by atoms with Gasteiger partial charge >= 0.3 is 0 Å². The highest BCUT2D eigenvalue weighted by atomic mass is 32.1. The molecule has 1 N–H and O–H groups in total. The standard InChI is InChI=1S/C30H26N2O5S/c1-35-22-12-6-9-18(27(22)33)16-24-29(34)32-26(21-11-7-13-23(36-2)28(21)37-3)20-15-14-17-8-4-5-10-19(17)25(20)31-30(32)38-24/h4-13,16,26,33H,14-15H2,1-3H3. The van der Waals surface area contributed by atoms with Crippen molar-refractivity contribution in [1.29, 1.82) is 0 Å². The number of aromatic hydroxyl groups is 1. The second-order valence-electron chi connectivity index (χ2n) is 9.09. The maximum absolute atomic E-state index is 14.0. The van der Waals surface area contributed by atoms with Crippen molar-refractivity contribution in [2.75, 3.05) is 21.3 Å². The average Bonchev–Trinajstić information content (AvgIpc) is 3.26. The Morgan fingerprint density at radius 2 is 1.71 bits per heavy atom. The number of nitrogens with zero attached hydrogens (tertiary/aromatic N) is 2. The number of hydrogen-bond donors (Lipinski definition) is 1. The van der Waals surface area contributed by atoms with Crippen LogP contribution in [0.1, 0.15) is 34.7 Å². The first-order chi connectivity index (χ1) is 18.5. The second kappa shape index (κ2) is 9.54. The molecule has 8 heteroatoms. The first kappa shape index (κ1) is 24.1. The molecule has 1 aliphatic heterocycles. The van der Waals surface area contributed by atoms with Crippen LogP contribution in [0.25, 0.3) is 11.8 Å². The maximum atomic E-state index is 14.0. The van der Waals surface area contributed by atoms with Crippen LogP contribution in [0.4, 0.5) is 0 Å². The molecule has 2 aliphatic rings. The Kier molecular flexibility index (Phi) is 6.04. The molecule has 0 amide bonds. The van der Waals surface area contributed by atoms with Gasteiger partial charge in [0.1, 0.15) is 0 Å². The van der Waals surface area contributed by atoms with Crippen LogP contribution < -0.4 is 29.1 Å². The Morgan fingerprint density at radius 3 is 2.50 bits per heavy atom. The number of hydrogen-bond acceptors (Lipinski definition) is 7. The summed E-state index contributed by atoms with van der Waals surface area (Å²) in [6.45, 7) is 0. The van der Waals surface area contributed by atoms with Crippen molar-refractivity contribution in [1.82, 2.24) is 4.57 Å². The van der Waals surface area contributed by atoms with Crippen molar-refractivity contribution in [3.63, 3.8) is 0 Å². The predicted molar refractivity (Wildman–Crippen MR) is 147 cm³/mol. The van der Waals surface area contributed by atoms with Crippen LogP contribution in [-0.4, -0.2) is 31.0 Å². The fraction of sp³-hybridized carbons (Fsp3) is 0.200. The summed E-state index contributed by atoms with van der Waals surface area (Å²) in [6, 6.07) is 18.8. The van der Waals surface area contributed by atoms with Crippen LogP contribution in [0.2, 0.25) is 0 Å². The van der Waals surface area contributed by atoms with Gasteiger partial charge in [-0.05, 0) is 42.2 Å². The molecular weight excluding hydrogens is 500 g/mol. The molecule has 192 valence electrons. The van der Waals surface area contributed by atoms with Crippen molar-refractivity contribution in [2.45, 2.75) is 18.9 Å². The van der Waals surface area contributed by atoms with E-state index < -0.39 is 6.04 Å². The number of aromatic nitrogens is 1. The third-order valence-electron chi connectivity index (χ3n) is 7.14. The van der Waals surface area contributed by atoms with E-state index in [4.69, 9.17) is 19.2 Å². The maximum Gasteiger partial charge on any atom is 0.271 e. The van der Waals surface area contributed by atoms with E-state index in [1.54, 1.807) is 43.1 Å². The van der Waals surface area contributed by atoms with Crippen molar-refractivity contribution >= 4 is 23.1 Å². The zero-order valence-corrected chi connectivity index (χ0v) is 22.0. The van der Waals surface area contributed by atoms with Crippen molar-refractivity contribution < 1.29 is 19.3 Å². The molecule has 6 rings (SSSR count). The van der Waals surface area contributed by atoms with Crippen LogP contribution in [0.5, 0.6) is 23.0 Å². The van der Waals surface area contributed by atoms with E-state index in [-0.39, 0.29) is 11.3 Å². The summed E-state index contributed by atoms with van der Waals surface area (Å²) in [7, 11) is 4.72. The summed E-state index contributed by atoms with van der Waals surface area (Å²) < 4.78 is 18.9. The molecule has 7 nitrogen and oxygen atoms in total. The van der Waals surface area contributed by atoms with Crippen molar-refractivity contribution in [3.8, 4) is 23.0 Å². The molecule has 1 aromatic heterocycles. The molecule has 1 atom stereocenters. The lowest BCUT2D eigenvalue weighted by Gasteiger charge is -2.31. The fourth-order valence-corrected chi connectivity index (χ4v) is 6.38. The lowest BCUT2D eigenvalue weighted by molar-refractivity contribution is 0.348. The Labute approximate surface area is 223 Å². The zero-order chi connectivity index (χ0) is 26.4. The zero-order valence-electron chi connectivity index (χ0n) is 21.2. The minimum atomic E-state index is -0.416. The summed E-state index contributed by atoms with van der Waals surface area (Å²) in [5, 5.41) is 10.7. The molecular formula is C30H26N2O5S. The molecule has 0 fully saturated rings. The predicted octanol–water partition coefficient (Wildman–Crippen LogP) is 4.05. The van der Waals surface area contributed by atoms with E-state index in [0.717, 1.165) is 35.2 Å². The van der Waals surface area contributed by atoms with Gasteiger partial charge in [-0.3, -0.25) is 9.36 Å². The van der Waals surface area contributed by atoms with Gasteiger partial charge in [0.15, 0.2) is 27.8 Å². The Morgan fingerprint density at radius 1 is 0.947 bits per heavy atom. The third-order valence-corrected chi connectivity index (χ3v) is 8.12.